The molecule has 1 amide bonds. The number of alkyl carbamates (subject to hydrolysis) is 1. The van der Waals surface area contributed by atoms with Gasteiger partial charge in [-0.1, -0.05) is 12.1 Å². The van der Waals surface area contributed by atoms with Crippen LogP contribution in [-0.4, -0.2) is 12.7 Å². The highest BCUT2D eigenvalue weighted by atomic mass is 19.1. The van der Waals surface area contributed by atoms with Gasteiger partial charge in [-0.25, -0.2) is 9.18 Å². The Morgan fingerprint density at radius 1 is 1.57 bits per heavy atom. The molecule has 1 aliphatic heterocycles. The summed E-state index contributed by atoms with van der Waals surface area (Å²) in [6, 6.07) is 4.59. The van der Waals surface area contributed by atoms with Crippen molar-refractivity contribution in [1.29, 1.82) is 0 Å². The minimum Gasteiger partial charge on any atom is -0.447 e. The average molecular weight is 195 g/mol. The summed E-state index contributed by atoms with van der Waals surface area (Å²) >= 11 is 0. The summed E-state index contributed by atoms with van der Waals surface area (Å²) in [5, 5.41) is 2.61. The lowest BCUT2D eigenvalue weighted by Gasteiger charge is -2.11. The van der Waals surface area contributed by atoms with Crippen LogP contribution < -0.4 is 5.32 Å². The van der Waals surface area contributed by atoms with Crippen molar-refractivity contribution in [3.8, 4) is 0 Å². The van der Waals surface area contributed by atoms with Crippen molar-refractivity contribution in [3.63, 3.8) is 0 Å². The lowest BCUT2D eigenvalue weighted by atomic mass is 10.0. The van der Waals surface area contributed by atoms with Gasteiger partial charge in [0.1, 0.15) is 12.4 Å². The number of rotatable bonds is 1. The van der Waals surface area contributed by atoms with E-state index in [0.717, 1.165) is 5.56 Å². The Labute approximate surface area is 80.9 Å². The Kier molecular flexibility index (Phi) is 2.11. The van der Waals surface area contributed by atoms with Gasteiger partial charge in [-0.05, 0) is 24.1 Å². The van der Waals surface area contributed by atoms with Gasteiger partial charge in [-0.2, -0.15) is 0 Å². The molecule has 0 radical (unpaired) electrons. The summed E-state index contributed by atoms with van der Waals surface area (Å²) < 4.78 is 17.9. The number of amides is 1. The molecule has 1 atom stereocenters. The molecular formula is C10H10FNO2. The van der Waals surface area contributed by atoms with Gasteiger partial charge in [0.15, 0.2) is 0 Å². The Hall–Kier alpha value is -1.58. The smallest absolute Gasteiger partial charge is 0.407 e. The molecule has 0 aromatic heterocycles. The number of benzene rings is 1. The summed E-state index contributed by atoms with van der Waals surface area (Å²) in [5.74, 6) is -0.261. The average Bonchev–Trinajstić information content (AvgIpc) is 2.57. The predicted molar refractivity (Wildman–Crippen MR) is 48.4 cm³/mol. The fourth-order valence-electron chi connectivity index (χ4n) is 1.55. The van der Waals surface area contributed by atoms with Crippen LogP contribution in [0.15, 0.2) is 18.2 Å². The molecule has 0 aliphatic carbocycles. The monoisotopic (exact) mass is 195 g/mol. The van der Waals surface area contributed by atoms with Gasteiger partial charge >= 0.3 is 6.09 Å². The van der Waals surface area contributed by atoms with E-state index in [1.807, 2.05) is 0 Å². The maximum absolute atomic E-state index is 13.2. The number of cyclic esters (lactones) is 1. The van der Waals surface area contributed by atoms with Crippen molar-refractivity contribution in [1.82, 2.24) is 5.32 Å². The number of hydrogen-bond acceptors (Lipinski definition) is 2. The number of carbonyl (C=O) groups excluding carboxylic acids is 1. The molecule has 1 aromatic carbocycles. The molecule has 14 heavy (non-hydrogen) atoms. The van der Waals surface area contributed by atoms with Gasteiger partial charge in [0.25, 0.3) is 0 Å². The topological polar surface area (TPSA) is 38.3 Å². The van der Waals surface area contributed by atoms with Crippen molar-refractivity contribution < 1.29 is 13.9 Å². The Balaban J connectivity index is 2.32. The maximum atomic E-state index is 13.2. The molecule has 1 aliphatic rings. The van der Waals surface area contributed by atoms with Gasteiger partial charge in [0.05, 0.1) is 6.04 Å². The number of nitrogens with one attached hydrogen (secondary N) is 1. The quantitative estimate of drug-likeness (QED) is 0.743. The van der Waals surface area contributed by atoms with E-state index in [4.69, 9.17) is 4.74 Å². The Morgan fingerprint density at radius 3 is 3.00 bits per heavy atom. The zero-order valence-electron chi connectivity index (χ0n) is 7.71. The minimum atomic E-state index is -0.446. The van der Waals surface area contributed by atoms with Gasteiger partial charge in [0, 0.05) is 0 Å². The summed E-state index contributed by atoms with van der Waals surface area (Å²) in [5.41, 5.74) is 1.33. The maximum Gasteiger partial charge on any atom is 0.407 e. The summed E-state index contributed by atoms with van der Waals surface area (Å²) in [4.78, 5) is 10.8. The van der Waals surface area contributed by atoms with E-state index in [1.54, 1.807) is 19.1 Å². The van der Waals surface area contributed by atoms with E-state index in [2.05, 4.69) is 5.32 Å². The van der Waals surface area contributed by atoms with E-state index in [-0.39, 0.29) is 18.5 Å². The Morgan fingerprint density at radius 2 is 2.36 bits per heavy atom. The van der Waals surface area contributed by atoms with Crippen LogP contribution in [0.4, 0.5) is 9.18 Å². The van der Waals surface area contributed by atoms with E-state index < -0.39 is 6.09 Å². The molecule has 0 unspecified atom stereocenters. The van der Waals surface area contributed by atoms with Crippen molar-refractivity contribution in [3.05, 3.63) is 35.1 Å². The molecule has 1 heterocycles. The van der Waals surface area contributed by atoms with Crippen molar-refractivity contribution in [2.24, 2.45) is 0 Å². The van der Waals surface area contributed by atoms with Gasteiger partial charge in [-0.3, -0.25) is 0 Å². The third-order valence-electron chi connectivity index (χ3n) is 2.36. The molecule has 4 heteroatoms. The first-order valence-electron chi connectivity index (χ1n) is 4.37. The van der Waals surface area contributed by atoms with Crippen molar-refractivity contribution in [2.75, 3.05) is 6.61 Å². The minimum absolute atomic E-state index is 0.224. The molecule has 1 saturated heterocycles. The molecule has 1 N–H and O–H groups in total. The van der Waals surface area contributed by atoms with Gasteiger partial charge in [0.2, 0.25) is 0 Å². The first-order chi connectivity index (χ1) is 6.68. The van der Waals surface area contributed by atoms with E-state index in [9.17, 15) is 9.18 Å². The molecule has 3 nitrogen and oxygen atoms in total. The first-order valence-corrected chi connectivity index (χ1v) is 4.37. The second kappa shape index (κ2) is 3.29. The van der Waals surface area contributed by atoms with Crippen LogP contribution in [0.5, 0.6) is 0 Å². The zero-order chi connectivity index (χ0) is 10.1. The van der Waals surface area contributed by atoms with Crippen molar-refractivity contribution in [2.45, 2.75) is 13.0 Å². The highest BCUT2D eigenvalue weighted by molar-refractivity contribution is 5.70. The Bertz CT molecular complexity index is 378. The zero-order valence-corrected chi connectivity index (χ0v) is 7.71. The number of hydrogen-bond donors (Lipinski definition) is 1. The fraction of sp³-hybridized carbons (Fsp3) is 0.300. The van der Waals surface area contributed by atoms with E-state index in [0.29, 0.717) is 5.56 Å². The first kappa shape index (κ1) is 8.99. The number of ether oxygens (including phenoxy) is 1. The van der Waals surface area contributed by atoms with Crippen LogP contribution in [0.3, 0.4) is 0 Å². The second-order valence-electron chi connectivity index (χ2n) is 3.25. The highest BCUT2D eigenvalue weighted by Gasteiger charge is 2.25. The standard InChI is InChI=1S/C10H10FNO2/c1-6-7(3-2-4-8(6)11)9-5-14-10(13)12-9/h2-4,9H,5H2,1H3,(H,12,13)/t9-/m1/s1. The molecule has 0 bridgehead atoms. The molecule has 0 saturated carbocycles. The molecule has 2 rings (SSSR count). The fourth-order valence-corrected chi connectivity index (χ4v) is 1.55. The number of carbonyl (C=O) groups is 1. The summed E-state index contributed by atoms with van der Waals surface area (Å²) in [6.45, 7) is 1.96. The third-order valence-corrected chi connectivity index (χ3v) is 2.36. The molecule has 1 fully saturated rings. The third kappa shape index (κ3) is 1.43. The van der Waals surface area contributed by atoms with Crippen molar-refractivity contribution >= 4 is 6.09 Å². The molecule has 74 valence electrons. The van der Waals surface area contributed by atoms with Crippen LogP contribution in [-0.2, 0) is 4.74 Å². The SMILES string of the molecule is Cc1c(F)cccc1[C@H]1COC(=O)N1. The molecule has 1 aromatic rings. The molecule has 0 spiro atoms. The van der Waals surface area contributed by atoms with Gasteiger partial charge < -0.3 is 10.1 Å². The van der Waals surface area contributed by atoms with Crippen LogP contribution >= 0.6 is 0 Å². The lowest BCUT2D eigenvalue weighted by molar-refractivity contribution is 0.177. The normalized spacial score (nSPS) is 20.4. The predicted octanol–water partition coefficient (Wildman–Crippen LogP) is 1.92. The summed E-state index contributed by atoms with van der Waals surface area (Å²) in [6.07, 6.45) is -0.446. The van der Waals surface area contributed by atoms with Crippen LogP contribution in [0.2, 0.25) is 0 Å². The second-order valence-corrected chi connectivity index (χ2v) is 3.25. The van der Waals surface area contributed by atoms with Crippen LogP contribution in [0.1, 0.15) is 17.2 Å². The summed E-state index contributed by atoms with van der Waals surface area (Å²) in [7, 11) is 0. The van der Waals surface area contributed by atoms with Crippen LogP contribution in [0, 0.1) is 12.7 Å². The van der Waals surface area contributed by atoms with E-state index in [1.165, 1.54) is 6.07 Å². The molecular weight excluding hydrogens is 185 g/mol. The van der Waals surface area contributed by atoms with Crippen LogP contribution in [0.25, 0.3) is 0 Å². The largest absolute Gasteiger partial charge is 0.447 e. The highest BCUT2D eigenvalue weighted by Crippen LogP contribution is 2.22. The lowest BCUT2D eigenvalue weighted by Crippen LogP contribution is -2.19. The number of halogens is 1. The van der Waals surface area contributed by atoms with Gasteiger partial charge in [-0.15, -0.1) is 0 Å². The van der Waals surface area contributed by atoms with E-state index >= 15 is 0 Å².